The van der Waals surface area contributed by atoms with Crippen molar-refractivity contribution in [3.63, 3.8) is 0 Å². The summed E-state index contributed by atoms with van der Waals surface area (Å²) in [5.74, 6) is 0.148. The maximum Gasteiger partial charge on any atom is 0.410 e. The van der Waals surface area contributed by atoms with E-state index >= 15 is 0 Å². The monoisotopic (exact) mass is 767 g/mol. The second-order valence-electron chi connectivity index (χ2n) is 15.3. The van der Waals surface area contributed by atoms with E-state index in [1.807, 2.05) is 102 Å². The lowest BCUT2D eigenvalue weighted by molar-refractivity contribution is 0.0203. The third-order valence-corrected chi connectivity index (χ3v) is 8.91. The molecule has 0 aliphatic carbocycles. The molecule has 0 spiro atoms. The van der Waals surface area contributed by atoms with E-state index in [4.69, 9.17) is 30.8 Å². The molecule has 0 unspecified atom stereocenters. The van der Waals surface area contributed by atoms with Gasteiger partial charge in [-0.15, -0.1) is 0 Å². The second kappa shape index (κ2) is 17.8. The maximum absolute atomic E-state index is 13.4. The van der Waals surface area contributed by atoms with E-state index in [1.165, 1.54) is 7.11 Å². The van der Waals surface area contributed by atoms with Crippen molar-refractivity contribution >= 4 is 57.2 Å². The number of amides is 2. The molecule has 1 N–H and O–H groups in total. The van der Waals surface area contributed by atoms with E-state index in [0.717, 1.165) is 32.8 Å². The van der Waals surface area contributed by atoms with Gasteiger partial charge in [-0.2, -0.15) is 0 Å². The van der Waals surface area contributed by atoms with E-state index in [9.17, 15) is 14.4 Å². The molecule has 0 aliphatic rings. The fourth-order valence-electron chi connectivity index (χ4n) is 6.05. The normalized spacial score (nSPS) is 11.6. The van der Waals surface area contributed by atoms with Gasteiger partial charge < -0.3 is 29.3 Å². The Balaban J connectivity index is 1.27. The minimum atomic E-state index is -0.686. The van der Waals surface area contributed by atoms with E-state index in [0.29, 0.717) is 67.5 Å². The Morgan fingerprint density at radius 3 is 2.09 bits per heavy atom. The van der Waals surface area contributed by atoms with Gasteiger partial charge in [0.2, 0.25) is 0 Å². The number of nitrogens with zero attached hydrogens (tertiary/aromatic N) is 4. The minimum Gasteiger partial charge on any atom is -0.465 e. The SMILES string of the molecule is COC(=O)c1ccc2c(c1)nc(NCCN(CCCCN(Cc1ccc(-c3ccccc3)c(Cl)c1)C(=O)OC(C)(C)C)C(=O)OC(C)(C)C)c1ccncc12. The van der Waals surface area contributed by atoms with Crippen LogP contribution in [0.15, 0.2) is 85.2 Å². The number of anilines is 1. The zero-order valence-electron chi connectivity index (χ0n) is 32.6. The highest BCUT2D eigenvalue weighted by Gasteiger charge is 2.25. The number of unbranched alkanes of at least 4 members (excludes halogenated alkanes) is 1. The first-order chi connectivity index (χ1) is 26.1. The molecule has 0 aliphatic heterocycles. The van der Waals surface area contributed by atoms with Gasteiger partial charge in [-0.1, -0.05) is 60.1 Å². The summed E-state index contributed by atoms with van der Waals surface area (Å²) >= 11 is 6.72. The van der Waals surface area contributed by atoms with Gasteiger partial charge >= 0.3 is 18.2 Å². The fourth-order valence-corrected chi connectivity index (χ4v) is 6.37. The molecule has 0 atom stereocenters. The molecule has 2 amide bonds. The standard InChI is InChI=1S/C43H50ClN5O6/c1-42(2,3)54-40(51)48(24-21-46-38-34-19-20-45-27-35(34)33-18-16-31(39(50)53-7)26-37(33)47-38)22-11-12-23-49(41(52)55-43(4,5)6)28-29-15-17-32(36(44)25-29)30-13-9-8-10-14-30/h8-10,13-20,25-27H,11-12,21-24,28H2,1-7H3,(H,46,47). The number of rotatable bonds is 13. The third kappa shape index (κ3) is 11.3. The number of carbonyl (C=O) groups excluding carboxylic acids is 3. The number of ether oxygens (including phenoxy) is 3. The van der Waals surface area contributed by atoms with Gasteiger partial charge in [0.25, 0.3) is 0 Å². The molecule has 0 bridgehead atoms. The van der Waals surface area contributed by atoms with Gasteiger partial charge in [-0.25, -0.2) is 19.4 Å². The summed E-state index contributed by atoms with van der Waals surface area (Å²) < 4.78 is 16.5. The average molecular weight is 768 g/mol. The Morgan fingerprint density at radius 1 is 0.764 bits per heavy atom. The number of esters is 1. The van der Waals surface area contributed by atoms with Gasteiger partial charge in [-0.05, 0) is 89.8 Å². The van der Waals surface area contributed by atoms with Crippen molar-refractivity contribution in [1.82, 2.24) is 19.8 Å². The number of pyridine rings is 2. The van der Waals surface area contributed by atoms with Crippen LogP contribution in [0, 0.1) is 0 Å². The van der Waals surface area contributed by atoms with Gasteiger partial charge in [-0.3, -0.25) is 4.98 Å². The Kier molecular flexibility index (Phi) is 13.2. The molecular formula is C43H50ClN5O6. The zero-order chi connectivity index (χ0) is 39.8. The molecule has 12 heteroatoms. The number of carbonyl (C=O) groups is 3. The molecule has 0 saturated heterocycles. The fraction of sp³-hybridized carbons (Fsp3) is 0.372. The number of hydrogen-bond acceptors (Lipinski definition) is 9. The molecule has 2 heterocycles. The van der Waals surface area contributed by atoms with E-state index in [1.54, 1.807) is 34.3 Å². The first kappa shape index (κ1) is 40.8. The summed E-state index contributed by atoms with van der Waals surface area (Å²) in [6.45, 7) is 12.8. The quantitative estimate of drug-likeness (QED) is 0.0540. The summed E-state index contributed by atoms with van der Waals surface area (Å²) in [4.78, 5) is 51.6. The molecule has 0 fully saturated rings. The lowest BCUT2D eigenvalue weighted by atomic mass is 10.0. The van der Waals surface area contributed by atoms with Crippen LogP contribution in [0.1, 0.15) is 70.3 Å². The molecule has 290 valence electrons. The van der Waals surface area contributed by atoms with Gasteiger partial charge in [0.1, 0.15) is 17.0 Å². The largest absolute Gasteiger partial charge is 0.465 e. The van der Waals surface area contributed by atoms with Crippen LogP contribution in [-0.2, 0) is 20.8 Å². The van der Waals surface area contributed by atoms with Crippen LogP contribution in [0.2, 0.25) is 5.02 Å². The number of halogens is 1. The molecule has 2 aromatic heterocycles. The van der Waals surface area contributed by atoms with Gasteiger partial charge in [0.05, 0.1) is 18.2 Å². The lowest BCUT2D eigenvalue weighted by Gasteiger charge is -2.29. The summed E-state index contributed by atoms with van der Waals surface area (Å²) in [7, 11) is 1.34. The number of methoxy groups -OCH3 is 1. The Hall–Kier alpha value is -5.42. The van der Waals surface area contributed by atoms with Crippen LogP contribution in [0.3, 0.4) is 0 Å². The first-order valence-electron chi connectivity index (χ1n) is 18.4. The highest BCUT2D eigenvalue weighted by atomic mass is 35.5. The van der Waals surface area contributed by atoms with Crippen LogP contribution in [0.4, 0.5) is 15.4 Å². The number of aromatic nitrogens is 2. The summed E-state index contributed by atoms with van der Waals surface area (Å²) in [6, 6.07) is 22.9. The first-order valence-corrected chi connectivity index (χ1v) is 18.8. The molecule has 0 saturated carbocycles. The van der Waals surface area contributed by atoms with Crippen LogP contribution in [-0.4, -0.2) is 82.4 Å². The van der Waals surface area contributed by atoms with Gasteiger partial charge in [0, 0.05) is 71.9 Å². The number of nitrogens with one attached hydrogen (secondary N) is 1. The molecule has 55 heavy (non-hydrogen) atoms. The third-order valence-electron chi connectivity index (χ3n) is 8.59. The van der Waals surface area contributed by atoms with Gasteiger partial charge in [0.15, 0.2) is 0 Å². The summed E-state index contributed by atoms with van der Waals surface area (Å²) in [5, 5.41) is 6.58. The molecule has 5 rings (SSSR count). The highest BCUT2D eigenvalue weighted by Crippen LogP contribution is 2.31. The summed E-state index contributed by atoms with van der Waals surface area (Å²) in [5.41, 5.74) is 2.46. The maximum atomic E-state index is 13.4. The number of benzene rings is 3. The Bertz CT molecular complexity index is 2130. The van der Waals surface area contributed by atoms with Crippen molar-refractivity contribution in [2.45, 2.75) is 72.1 Å². The van der Waals surface area contributed by atoms with Crippen LogP contribution in [0.25, 0.3) is 32.8 Å². The van der Waals surface area contributed by atoms with Crippen molar-refractivity contribution in [3.8, 4) is 11.1 Å². The highest BCUT2D eigenvalue weighted by molar-refractivity contribution is 6.33. The van der Waals surface area contributed by atoms with Crippen molar-refractivity contribution in [1.29, 1.82) is 0 Å². The molecule has 3 aromatic carbocycles. The van der Waals surface area contributed by atoms with E-state index in [-0.39, 0.29) is 0 Å². The van der Waals surface area contributed by atoms with E-state index < -0.39 is 29.4 Å². The zero-order valence-corrected chi connectivity index (χ0v) is 33.4. The predicted molar refractivity (Wildman–Crippen MR) is 217 cm³/mol. The average Bonchev–Trinajstić information content (AvgIpc) is 3.13. The van der Waals surface area contributed by atoms with E-state index in [2.05, 4.69) is 10.3 Å². The molecule has 11 nitrogen and oxygen atoms in total. The Morgan fingerprint density at radius 2 is 1.44 bits per heavy atom. The van der Waals surface area contributed by atoms with Crippen LogP contribution in [0.5, 0.6) is 0 Å². The smallest absolute Gasteiger partial charge is 0.410 e. The number of fused-ring (bicyclic) bond motifs is 3. The summed E-state index contributed by atoms with van der Waals surface area (Å²) in [6.07, 6.45) is 3.82. The van der Waals surface area contributed by atoms with Crippen LogP contribution < -0.4 is 5.32 Å². The predicted octanol–water partition coefficient (Wildman–Crippen LogP) is 9.76. The van der Waals surface area contributed by atoms with Crippen LogP contribution >= 0.6 is 11.6 Å². The van der Waals surface area contributed by atoms with Crippen molar-refractivity contribution in [2.75, 3.05) is 38.6 Å². The molecule has 5 aromatic rings. The lowest BCUT2D eigenvalue weighted by Crippen LogP contribution is -2.40. The van der Waals surface area contributed by atoms with Crippen molar-refractivity contribution in [2.24, 2.45) is 0 Å². The molecular weight excluding hydrogens is 718 g/mol. The Labute approximate surface area is 327 Å². The topological polar surface area (TPSA) is 123 Å². The second-order valence-corrected chi connectivity index (χ2v) is 15.7. The number of hydrogen-bond donors (Lipinski definition) is 1. The van der Waals surface area contributed by atoms with Crippen molar-refractivity contribution in [3.05, 3.63) is 101 Å². The van der Waals surface area contributed by atoms with Crippen molar-refractivity contribution < 1.29 is 28.6 Å². The molecule has 0 radical (unpaired) electrons. The minimum absolute atomic E-state index is 0.312.